The zero-order valence-corrected chi connectivity index (χ0v) is 6.96. The summed E-state index contributed by atoms with van der Waals surface area (Å²) in [5.41, 5.74) is 0. The molecule has 1 aromatic rings. The summed E-state index contributed by atoms with van der Waals surface area (Å²) in [5.74, 6) is 0.654. The number of furan rings is 1. The Morgan fingerprint density at radius 3 is 3.10 bits per heavy atom. The van der Waals surface area contributed by atoms with E-state index in [0.717, 1.165) is 0 Å². The standard InChI is InChI=1S/C6H6BrNO2/c1-9-8-6(7)5-3-2-4-10-5/h2-4H,1H3. The molecule has 0 N–H and O–H groups in total. The third-order valence-corrected chi connectivity index (χ3v) is 1.43. The lowest BCUT2D eigenvalue weighted by molar-refractivity contribution is 0.214. The van der Waals surface area contributed by atoms with Crippen molar-refractivity contribution in [3.05, 3.63) is 24.2 Å². The zero-order valence-electron chi connectivity index (χ0n) is 5.37. The smallest absolute Gasteiger partial charge is 0.187 e. The van der Waals surface area contributed by atoms with Crippen molar-refractivity contribution in [3.8, 4) is 0 Å². The molecule has 0 aliphatic carbocycles. The van der Waals surface area contributed by atoms with Crippen LogP contribution < -0.4 is 0 Å². The quantitative estimate of drug-likeness (QED) is 0.545. The predicted molar refractivity (Wildman–Crippen MR) is 41.2 cm³/mol. The molecule has 0 aliphatic heterocycles. The third kappa shape index (κ3) is 1.60. The minimum Gasteiger partial charge on any atom is -0.462 e. The highest BCUT2D eigenvalue weighted by Crippen LogP contribution is 2.07. The molecule has 10 heavy (non-hydrogen) atoms. The topological polar surface area (TPSA) is 34.7 Å². The van der Waals surface area contributed by atoms with Crippen molar-refractivity contribution in [1.82, 2.24) is 0 Å². The minimum absolute atomic E-state index is 0.556. The van der Waals surface area contributed by atoms with Crippen LogP contribution in [0.25, 0.3) is 0 Å². The first-order valence-electron chi connectivity index (χ1n) is 2.65. The van der Waals surface area contributed by atoms with Crippen LogP contribution in [0.5, 0.6) is 0 Å². The lowest BCUT2D eigenvalue weighted by Crippen LogP contribution is -1.86. The van der Waals surface area contributed by atoms with Gasteiger partial charge in [0, 0.05) is 0 Å². The Morgan fingerprint density at radius 1 is 1.80 bits per heavy atom. The molecular formula is C6H6BrNO2. The highest BCUT2D eigenvalue weighted by molar-refractivity contribution is 9.18. The molecule has 0 spiro atoms. The molecule has 1 aromatic heterocycles. The summed E-state index contributed by atoms with van der Waals surface area (Å²) in [6.45, 7) is 0. The highest BCUT2D eigenvalue weighted by Gasteiger charge is 2.00. The van der Waals surface area contributed by atoms with Gasteiger partial charge >= 0.3 is 0 Å². The zero-order chi connectivity index (χ0) is 7.40. The fraction of sp³-hybridized carbons (Fsp3) is 0.167. The molecule has 0 aliphatic rings. The molecular weight excluding hydrogens is 198 g/mol. The molecule has 4 heteroatoms. The normalized spacial score (nSPS) is 11.6. The van der Waals surface area contributed by atoms with E-state index in [1.807, 2.05) is 0 Å². The van der Waals surface area contributed by atoms with E-state index in [1.165, 1.54) is 7.11 Å². The van der Waals surface area contributed by atoms with Crippen molar-refractivity contribution in [2.45, 2.75) is 0 Å². The minimum atomic E-state index is 0.556. The Balaban J connectivity index is 2.77. The summed E-state index contributed by atoms with van der Waals surface area (Å²) in [5, 5.41) is 3.61. The molecule has 0 radical (unpaired) electrons. The number of hydrogen-bond acceptors (Lipinski definition) is 3. The van der Waals surface area contributed by atoms with Crippen molar-refractivity contribution in [2.24, 2.45) is 5.16 Å². The SMILES string of the molecule is CON=C(Br)c1ccco1. The summed E-state index contributed by atoms with van der Waals surface area (Å²) in [6, 6.07) is 3.56. The molecule has 0 saturated heterocycles. The van der Waals surface area contributed by atoms with Crippen molar-refractivity contribution >= 4 is 20.6 Å². The fourth-order valence-electron chi connectivity index (χ4n) is 0.521. The van der Waals surface area contributed by atoms with Crippen molar-refractivity contribution in [1.29, 1.82) is 0 Å². The van der Waals surface area contributed by atoms with Gasteiger partial charge in [0.1, 0.15) is 7.11 Å². The Bertz CT molecular complexity index is 218. The Morgan fingerprint density at radius 2 is 2.60 bits per heavy atom. The number of hydrogen-bond donors (Lipinski definition) is 0. The van der Waals surface area contributed by atoms with Gasteiger partial charge in [0.25, 0.3) is 0 Å². The van der Waals surface area contributed by atoms with Crippen molar-refractivity contribution in [2.75, 3.05) is 7.11 Å². The van der Waals surface area contributed by atoms with Crippen LogP contribution in [-0.4, -0.2) is 11.7 Å². The summed E-state index contributed by atoms with van der Waals surface area (Å²) < 4.78 is 5.55. The van der Waals surface area contributed by atoms with Crippen LogP contribution in [0, 0.1) is 0 Å². The van der Waals surface area contributed by atoms with E-state index in [0.29, 0.717) is 10.4 Å². The predicted octanol–water partition coefficient (Wildman–Crippen LogP) is 1.98. The van der Waals surface area contributed by atoms with Gasteiger partial charge in [-0.15, -0.1) is 0 Å². The van der Waals surface area contributed by atoms with Gasteiger partial charge in [-0.05, 0) is 28.1 Å². The van der Waals surface area contributed by atoms with Gasteiger partial charge < -0.3 is 9.25 Å². The molecule has 0 amide bonds. The van der Waals surface area contributed by atoms with Crippen LogP contribution >= 0.6 is 15.9 Å². The first-order chi connectivity index (χ1) is 4.84. The van der Waals surface area contributed by atoms with E-state index in [1.54, 1.807) is 18.4 Å². The average Bonchev–Trinajstić information content (AvgIpc) is 2.38. The Hall–Kier alpha value is -0.770. The molecule has 0 aromatic carbocycles. The van der Waals surface area contributed by atoms with Crippen LogP contribution in [0.4, 0.5) is 0 Å². The van der Waals surface area contributed by atoms with Gasteiger partial charge in [-0.25, -0.2) is 0 Å². The lowest BCUT2D eigenvalue weighted by Gasteiger charge is -1.89. The largest absolute Gasteiger partial charge is 0.462 e. The van der Waals surface area contributed by atoms with E-state index >= 15 is 0 Å². The second kappa shape index (κ2) is 3.41. The number of rotatable bonds is 2. The Kier molecular flexibility index (Phi) is 2.50. The van der Waals surface area contributed by atoms with Crippen LogP contribution in [0.2, 0.25) is 0 Å². The molecule has 0 fully saturated rings. The monoisotopic (exact) mass is 203 g/mol. The van der Waals surface area contributed by atoms with Crippen LogP contribution in [0.3, 0.4) is 0 Å². The van der Waals surface area contributed by atoms with Gasteiger partial charge in [-0.2, -0.15) is 0 Å². The number of halogens is 1. The molecule has 3 nitrogen and oxygen atoms in total. The summed E-state index contributed by atoms with van der Waals surface area (Å²) in [4.78, 5) is 4.51. The maximum Gasteiger partial charge on any atom is 0.187 e. The lowest BCUT2D eigenvalue weighted by atomic mass is 10.5. The van der Waals surface area contributed by atoms with Crippen LogP contribution in [0.15, 0.2) is 28.0 Å². The maximum atomic E-state index is 4.99. The summed E-state index contributed by atoms with van der Waals surface area (Å²) >= 11 is 3.16. The second-order valence-corrected chi connectivity index (χ2v) is 2.29. The second-order valence-electron chi connectivity index (χ2n) is 1.54. The fourth-order valence-corrected chi connectivity index (χ4v) is 0.891. The van der Waals surface area contributed by atoms with Crippen LogP contribution in [-0.2, 0) is 4.84 Å². The van der Waals surface area contributed by atoms with Gasteiger partial charge in [0.05, 0.1) is 6.26 Å². The van der Waals surface area contributed by atoms with Gasteiger partial charge in [-0.1, -0.05) is 5.16 Å². The van der Waals surface area contributed by atoms with Gasteiger partial charge in [-0.3, -0.25) is 0 Å². The first kappa shape index (κ1) is 7.34. The number of nitrogens with zero attached hydrogens (tertiary/aromatic N) is 1. The average molecular weight is 204 g/mol. The van der Waals surface area contributed by atoms with E-state index in [-0.39, 0.29) is 0 Å². The van der Waals surface area contributed by atoms with E-state index in [2.05, 4.69) is 25.9 Å². The molecule has 0 saturated carbocycles. The molecule has 0 unspecified atom stereocenters. The molecule has 54 valence electrons. The van der Waals surface area contributed by atoms with Crippen molar-refractivity contribution in [3.63, 3.8) is 0 Å². The Labute approximate surface area is 66.8 Å². The van der Waals surface area contributed by atoms with E-state index in [4.69, 9.17) is 4.42 Å². The molecule has 1 heterocycles. The van der Waals surface area contributed by atoms with Crippen molar-refractivity contribution < 1.29 is 9.25 Å². The maximum absolute atomic E-state index is 4.99. The summed E-state index contributed by atoms with van der Waals surface area (Å²) in [7, 11) is 1.48. The van der Waals surface area contributed by atoms with Crippen LogP contribution in [0.1, 0.15) is 5.76 Å². The summed E-state index contributed by atoms with van der Waals surface area (Å²) in [6.07, 6.45) is 1.57. The molecule has 1 rings (SSSR count). The molecule has 0 bridgehead atoms. The molecule has 0 atom stereocenters. The van der Waals surface area contributed by atoms with E-state index < -0.39 is 0 Å². The van der Waals surface area contributed by atoms with Gasteiger partial charge in [0.2, 0.25) is 0 Å². The third-order valence-electron chi connectivity index (χ3n) is 0.896. The van der Waals surface area contributed by atoms with E-state index in [9.17, 15) is 0 Å². The first-order valence-corrected chi connectivity index (χ1v) is 3.44. The number of oxime groups is 1. The van der Waals surface area contributed by atoms with Gasteiger partial charge in [0.15, 0.2) is 10.4 Å². The highest BCUT2D eigenvalue weighted by atomic mass is 79.9.